The van der Waals surface area contributed by atoms with Crippen LogP contribution in [0.3, 0.4) is 0 Å². The number of rotatable bonds is 11. The number of nitrogens with zero attached hydrogens (tertiary/aromatic N) is 1. The van der Waals surface area contributed by atoms with Crippen LogP contribution in [0.25, 0.3) is 0 Å². The van der Waals surface area contributed by atoms with Gasteiger partial charge in [0.05, 0.1) is 4.90 Å². The van der Waals surface area contributed by atoms with Gasteiger partial charge in [-0.3, -0.25) is 9.59 Å². The highest BCUT2D eigenvalue weighted by atomic mass is 32.2. The Kier molecular flexibility index (Phi) is 8.55. The van der Waals surface area contributed by atoms with E-state index >= 15 is 0 Å². The number of ether oxygens (including phenoxy) is 2. The van der Waals surface area contributed by atoms with Gasteiger partial charge in [-0.15, -0.1) is 0 Å². The minimum atomic E-state index is -3.85. The zero-order chi connectivity index (χ0) is 23.2. The summed E-state index contributed by atoms with van der Waals surface area (Å²) in [7, 11) is -2.22. The van der Waals surface area contributed by atoms with Crippen LogP contribution in [-0.2, 0) is 30.8 Å². The molecule has 1 N–H and O–H groups in total. The number of methoxy groups -OCH3 is 1. The van der Waals surface area contributed by atoms with E-state index in [9.17, 15) is 18.0 Å². The Bertz CT molecular complexity index is 1060. The number of aryl methyl sites for hydroxylation is 3. The first-order valence-electron chi connectivity index (χ1n) is 9.98. The second kappa shape index (κ2) is 10.7. The summed E-state index contributed by atoms with van der Waals surface area (Å²) in [6, 6.07) is 6.48. The summed E-state index contributed by atoms with van der Waals surface area (Å²) < 4.78 is 39.0. The number of hydrogen-bond donors (Lipinski definition) is 1. The van der Waals surface area contributed by atoms with Gasteiger partial charge < -0.3 is 14.0 Å². The van der Waals surface area contributed by atoms with Crippen molar-refractivity contribution < 1.29 is 27.5 Å². The molecule has 0 amide bonds. The lowest BCUT2D eigenvalue weighted by atomic mass is 10.1. The third kappa shape index (κ3) is 6.49. The summed E-state index contributed by atoms with van der Waals surface area (Å²) in [6.45, 7) is 7.77. The van der Waals surface area contributed by atoms with E-state index < -0.39 is 29.1 Å². The molecule has 0 radical (unpaired) electrons. The van der Waals surface area contributed by atoms with Crippen molar-refractivity contribution in [2.24, 2.45) is 0 Å². The monoisotopic (exact) mass is 450 g/mol. The molecule has 0 unspecified atom stereocenters. The molecule has 0 saturated carbocycles. The van der Waals surface area contributed by atoms with Crippen molar-refractivity contribution in [3.8, 4) is 0 Å². The molecule has 2 aromatic rings. The number of aromatic nitrogens is 1. The highest BCUT2D eigenvalue weighted by Crippen LogP contribution is 2.17. The fraction of sp³-hybridized carbons (Fsp3) is 0.455. The Labute approximate surface area is 183 Å². The van der Waals surface area contributed by atoms with Crippen LogP contribution in [0, 0.1) is 27.7 Å². The molecule has 1 aromatic heterocycles. The summed E-state index contributed by atoms with van der Waals surface area (Å²) in [4.78, 5) is 24.6. The maximum absolute atomic E-state index is 12.5. The molecule has 0 bridgehead atoms. The fourth-order valence-electron chi connectivity index (χ4n) is 3.19. The Hall–Kier alpha value is -2.49. The summed E-state index contributed by atoms with van der Waals surface area (Å²) in [5.41, 5.74) is 4.01. The van der Waals surface area contributed by atoms with E-state index in [0.717, 1.165) is 35.5 Å². The maximum atomic E-state index is 12.5. The largest absolute Gasteiger partial charge is 0.456 e. The Morgan fingerprint density at radius 3 is 2.42 bits per heavy atom. The van der Waals surface area contributed by atoms with Crippen LogP contribution in [0.1, 0.15) is 39.3 Å². The van der Waals surface area contributed by atoms with E-state index in [1.54, 1.807) is 19.2 Å². The molecule has 0 aliphatic carbocycles. The lowest BCUT2D eigenvalue weighted by molar-refractivity contribution is -0.141. The highest BCUT2D eigenvalue weighted by molar-refractivity contribution is 7.89. The van der Waals surface area contributed by atoms with Gasteiger partial charge in [-0.2, -0.15) is 4.72 Å². The number of carbonyl (C=O) groups is 2. The van der Waals surface area contributed by atoms with Crippen LogP contribution in [-0.4, -0.2) is 51.6 Å². The predicted octanol–water partition coefficient (Wildman–Crippen LogP) is 2.46. The van der Waals surface area contributed by atoms with E-state index in [1.807, 2.05) is 32.3 Å². The predicted molar refractivity (Wildman–Crippen MR) is 117 cm³/mol. The van der Waals surface area contributed by atoms with Gasteiger partial charge in [0.25, 0.3) is 0 Å². The van der Waals surface area contributed by atoms with Crippen LogP contribution in [0.2, 0.25) is 0 Å². The van der Waals surface area contributed by atoms with Crippen LogP contribution in [0.4, 0.5) is 0 Å². The molecule has 9 heteroatoms. The Balaban J connectivity index is 1.92. The van der Waals surface area contributed by atoms with Crippen molar-refractivity contribution in [3.63, 3.8) is 0 Å². The molecular formula is C22H30N2O6S. The normalized spacial score (nSPS) is 11.5. The molecule has 0 spiro atoms. The molecule has 0 aliphatic rings. The number of esters is 1. The lowest BCUT2D eigenvalue weighted by Crippen LogP contribution is -2.31. The molecule has 31 heavy (non-hydrogen) atoms. The fourth-order valence-corrected chi connectivity index (χ4v) is 4.24. The first-order valence-corrected chi connectivity index (χ1v) is 11.5. The van der Waals surface area contributed by atoms with Crippen molar-refractivity contribution in [2.75, 3.05) is 26.9 Å². The summed E-state index contributed by atoms with van der Waals surface area (Å²) >= 11 is 0. The van der Waals surface area contributed by atoms with Gasteiger partial charge in [0, 0.05) is 37.2 Å². The Morgan fingerprint density at radius 1 is 1.06 bits per heavy atom. The first kappa shape index (κ1) is 24.8. The van der Waals surface area contributed by atoms with E-state index in [-0.39, 0.29) is 10.7 Å². The number of sulfonamides is 1. The van der Waals surface area contributed by atoms with Crippen molar-refractivity contribution in [1.82, 2.24) is 9.29 Å². The number of Topliss-reactive ketones (excluding diaryl/α,β-unsaturated/α-hetero) is 1. The third-order valence-corrected chi connectivity index (χ3v) is 6.56. The summed E-state index contributed by atoms with van der Waals surface area (Å²) in [5, 5.41) is 0. The second-order valence-corrected chi connectivity index (χ2v) is 9.20. The topological polar surface area (TPSA) is 104 Å². The van der Waals surface area contributed by atoms with Gasteiger partial charge in [-0.05, 0) is 63.4 Å². The quantitative estimate of drug-likeness (QED) is 0.320. The third-order valence-electron chi connectivity index (χ3n) is 5.16. The number of carbonyl (C=O) groups excluding carboxylic acids is 2. The maximum Gasteiger partial charge on any atom is 0.321 e. The zero-order valence-electron chi connectivity index (χ0n) is 18.6. The van der Waals surface area contributed by atoms with E-state index in [4.69, 9.17) is 9.47 Å². The highest BCUT2D eigenvalue weighted by Gasteiger charge is 2.19. The molecule has 1 heterocycles. The molecule has 0 atom stereocenters. The average molecular weight is 451 g/mol. The smallest absolute Gasteiger partial charge is 0.321 e. The minimum absolute atomic E-state index is 0.0698. The van der Waals surface area contributed by atoms with Crippen LogP contribution in [0.15, 0.2) is 29.2 Å². The van der Waals surface area contributed by atoms with Crippen molar-refractivity contribution in [3.05, 3.63) is 52.3 Å². The number of hydrogen-bond acceptors (Lipinski definition) is 6. The zero-order valence-corrected chi connectivity index (χ0v) is 19.5. The van der Waals surface area contributed by atoms with E-state index in [2.05, 4.69) is 4.72 Å². The standard InChI is InChI=1S/C22H30N2O6S/c1-15-7-8-19(11-16(15)2)31(27,28)23-13-22(26)30-14-21(25)20-12-17(3)24(18(20)4)9-6-10-29-5/h7-8,11-12,23H,6,9-10,13-14H2,1-5H3. The van der Waals surface area contributed by atoms with Gasteiger partial charge in [-0.25, -0.2) is 8.42 Å². The summed E-state index contributed by atoms with van der Waals surface area (Å²) in [6.07, 6.45) is 0.816. The van der Waals surface area contributed by atoms with Gasteiger partial charge in [-0.1, -0.05) is 6.07 Å². The van der Waals surface area contributed by atoms with Crippen LogP contribution in [0.5, 0.6) is 0 Å². The molecule has 0 fully saturated rings. The molecular weight excluding hydrogens is 420 g/mol. The molecule has 0 saturated heterocycles. The van der Waals surface area contributed by atoms with Crippen LogP contribution >= 0.6 is 0 Å². The van der Waals surface area contributed by atoms with E-state index in [0.29, 0.717) is 12.2 Å². The van der Waals surface area contributed by atoms with E-state index in [1.165, 1.54) is 12.1 Å². The van der Waals surface area contributed by atoms with Crippen LogP contribution < -0.4 is 4.72 Å². The first-order chi connectivity index (χ1) is 14.6. The molecule has 170 valence electrons. The van der Waals surface area contributed by atoms with Crippen molar-refractivity contribution in [2.45, 2.75) is 45.6 Å². The summed E-state index contributed by atoms with van der Waals surface area (Å²) in [5.74, 6) is -1.16. The SMILES string of the molecule is COCCCn1c(C)cc(C(=O)COC(=O)CNS(=O)(=O)c2ccc(C)c(C)c2)c1C. The lowest BCUT2D eigenvalue weighted by Gasteiger charge is -2.10. The van der Waals surface area contributed by atoms with Gasteiger partial charge >= 0.3 is 5.97 Å². The molecule has 2 rings (SSSR count). The Morgan fingerprint density at radius 2 is 1.77 bits per heavy atom. The number of nitrogens with one attached hydrogen (secondary N) is 1. The molecule has 0 aliphatic heterocycles. The number of benzene rings is 1. The second-order valence-electron chi connectivity index (χ2n) is 7.44. The van der Waals surface area contributed by atoms with Gasteiger partial charge in [0.1, 0.15) is 6.54 Å². The molecule has 8 nitrogen and oxygen atoms in total. The van der Waals surface area contributed by atoms with Crippen molar-refractivity contribution in [1.29, 1.82) is 0 Å². The molecule has 1 aromatic carbocycles. The minimum Gasteiger partial charge on any atom is -0.456 e. The van der Waals surface area contributed by atoms with Crippen molar-refractivity contribution >= 4 is 21.8 Å². The number of ketones is 1. The average Bonchev–Trinajstić information content (AvgIpc) is 3.01. The van der Waals surface area contributed by atoms with Gasteiger partial charge in [0.15, 0.2) is 6.61 Å². The van der Waals surface area contributed by atoms with Gasteiger partial charge in [0.2, 0.25) is 15.8 Å².